The maximum Gasteiger partial charge on any atom is 0.225 e. The molecule has 0 bridgehead atoms. The third kappa shape index (κ3) is 4.08. The van der Waals surface area contributed by atoms with E-state index < -0.39 is 0 Å². The van der Waals surface area contributed by atoms with Crippen molar-refractivity contribution >= 4 is 23.1 Å². The maximum absolute atomic E-state index is 6.02. The predicted octanol–water partition coefficient (Wildman–Crippen LogP) is 5.13. The number of nitrogens with zero attached hydrogens (tertiary/aromatic N) is 3. The van der Waals surface area contributed by atoms with Crippen LogP contribution in [-0.4, -0.2) is 9.97 Å². The molecule has 0 saturated carbocycles. The van der Waals surface area contributed by atoms with Gasteiger partial charge in [-0.25, -0.2) is 4.98 Å². The van der Waals surface area contributed by atoms with E-state index in [4.69, 9.17) is 5.73 Å². The number of rotatable bonds is 6. The first-order chi connectivity index (χ1) is 13.0. The van der Waals surface area contributed by atoms with Crippen molar-refractivity contribution in [3.05, 3.63) is 84.2 Å². The Kier molecular flexibility index (Phi) is 5.41. The standard InChI is InChI=1S/C22H25N5/c1-5-27(20-14-15(2)19(23)13-16(20)3)21-11-12-24-22(26-21)25-17(4)18-9-7-6-8-10-18/h5-14,17H,1,23H2,2-4H3,(H,24,25,26)/t17-/m0/s1. The third-order valence-electron chi connectivity index (χ3n) is 4.56. The van der Waals surface area contributed by atoms with Gasteiger partial charge in [-0.3, -0.25) is 0 Å². The van der Waals surface area contributed by atoms with Crippen molar-refractivity contribution in [3.8, 4) is 0 Å². The molecule has 1 heterocycles. The van der Waals surface area contributed by atoms with Crippen LogP contribution in [0.25, 0.3) is 0 Å². The van der Waals surface area contributed by atoms with Gasteiger partial charge in [-0.05, 0) is 55.7 Å². The van der Waals surface area contributed by atoms with Crippen LogP contribution in [-0.2, 0) is 0 Å². The van der Waals surface area contributed by atoms with E-state index in [1.807, 2.05) is 55.1 Å². The van der Waals surface area contributed by atoms with Crippen LogP contribution in [0.4, 0.5) is 23.1 Å². The number of anilines is 4. The summed E-state index contributed by atoms with van der Waals surface area (Å²) in [6, 6.07) is 16.2. The first-order valence-corrected chi connectivity index (χ1v) is 8.92. The molecule has 0 unspecified atom stereocenters. The monoisotopic (exact) mass is 359 g/mol. The van der Waals surface area contributed by atoms with E-state index in [0.29, 0.717) is 5.95 Å². The van der Waals surface area contributed by atoms with Gasteiger partial charge >= 0.3 is 0 Å². The van der Waals surface area contributed by atoms with E-state index in [1.54, 1.807) is 12.4 Å². The molecule has 3 aromatic rings. The van der Waals surface area contributed by atoms with Crippen LogP contribution in [0.2, 0.25) is 0 Å². The Morgan fingerprint density at radius 1 is 1.11 bits per heavy atom. The fraction of sp³-hybridized carbons (Fsp3) is 0.182. The van der Waals surface area contributed by atoms with Gasteiger partial charge < -0.3 is 16.0 Å². The minimum Gasteiger partial charge on any atom is -0.399 e. The number of aromatic nitrogens is 2. The molecule has 0 fully saturated rings. The predicted molar refractivity (Wildman–Crippen MR) is 113 cm³/mol. The molecule has 0 radical (unpaired) electrons. The Morgan fingerprint density at radius 3 is 2.56 bits per heavy atom. The van der Waals surface area contributed by atoms with Crippen molar-refractivity contribution in [2.45, 2.75) is 26.8 Å². The Hall–Kier alpha value is -3.34. The lowest BCUT2D eigenvalue weighted by atomic mass is 10.1. The Labute approximate surface area is 160 Å². The highest BCUT2D eigenvalue weighted by Crippen LogP contribution is 2.31. The van der Waals surface area contributed by atoms with Crippen molar-refractivity contribution in [1.29, 1.82) is 0 Å². The SMILES string of the molecule is C=CN(c1ccnc(N[C@@H](C)c2ccccc2)n1)c1cc(C)c(N)cc1C. The van der Waals surface area contributed by atoms with E-state index in [2.05, 4.69) is 40.9 Å². The van der Waals surface area contributed by atoms with Crippen molar-refractivity contribution in [2.24, 2.45) is 0 Å². The van der Waals surface area contributed by atoms with Crippen LogP contribution in [0.15, 0.2) is 67.5 Å². The van der Waals surface area contributed by atoms with Crippen LogP contribution < -0.4 is 16.0 Å². The van der Waals surface area contributed by atoms with E-state index >= 15 is 0 Å². The van der Waals surface area contributed by atoms with E-state index in [9.17, 15) is 0 Å². The molecule has 0 saturated heterocycles. The molecule has 0 amide bonds. The molecule has 0 aliphatic carbocycles. The quantitative estimate of drug-likeness (QED) is 0.597. The molecule has 0 spiro atoms. The molecule has 0 aliphatic rings. The highest BCUT2D eigenvalue weighted by atomic mass is 15.2. The highest BCUT2D eigenvalue weighted by Gasteiger charge is 2.14. The Balaban J connectivity index is 1.89. The maximum atomic E-state index is 6.02. The van der Waals surface area contributed by atoms with Crippen molar-refractivity contribution in [2.75, 3.05) is 16.0 Å². The van der Waals surface area contributed by atoms with Gasteiger partial charge in [-0.1, -0.05) is 36.9 Å². The number of benzene rings is 2. The van der Waals surface area contributed by atoms with Crippen LogP contribution >= 0.6 is 0 Å². The number of nitrogens with one attached hydrogen (secondary N) is 1. The van der Waals surface area contributed by atoms with Crippen molar-refractivity contribution in [3.63, 3.8) is 0 Å². The summed E-state index contributed by atoms with van der Waals surface area (Å²) >= 11 is 0. The second-order valence-corrected chi connectivity index (χ2v) is 6.56. The minimum absolute atomic E-state index is 0.0964. The Bertz CT molecular complexity index is 937. The molecule has 2 aromatic carbocycles. The molecule has 5 nitrogen and oxygen atoms in total. The molecule has 27 heavy (non-hydrogen) atoms. The smallest absolute Gasteiger partial charge is 0.225 e. The summed E-state index contributed by atoms with van der Waals surface area (Å²) < 4.78 is 0. The molecule has 138 valence electrons. The van der Waals surface area contributed by atoms with E-state index in [-0.39, 0.29) is 6.04 Å². The average molecular weight is 359 g/mol. The summed E-state index contributed by atoms with van der Waals surface area (Å²) in [4.78, 5) is 11.0. The minimum atomic E-state index is 0.0964. The number of aryl methyl sites for hydroxylation is 2. The zero-order valence-electron chi connectivity index (χ0n) is 16.0. The second kappa shape index (κ2) is 7.91. The zero-order valence-corrected chi connectivity index (χ0v) is 16.0. The summed E-state index contributed by atoms with van der Waals surface area (Å²) in [6.45, 7) is 10.1. The van der Waals surface area contributed by atoms with Gasteiger partial charge in [-0.2, -0.15) is 4.98 Å². The summed E-state index contributed by atoms with van der Waals surface area (Å²) in [5, 5.41) is 3.36. The van der Waals surface area contributed by atoms with Crippen LogP contribution in [0.3, 0.4) is 0 Å². The third-order valence-corrected chi connectivity index (χ3v) is 4.56. The molecule has 1 aromatic heterocycles. The number of hydrogen-bond donors (Lipinski definition) is 2. The van der Waals surface area contributed by atoms with Gasteiger partial charge in [-0.15, -0.1) is 0 Å². The normalized spacial score (nSPS) is 11.7. The fourth-order valence-electron chi connectivity index (χ4n) is 2.97. The number of hydrogen-bond acceptors (Lipinski definition) is 5. The topological polar surface area (TPSA) is 67.1 Å². The first kappa shape index (κ1) is 18.5. The van der Waals surface area contributed by atoms with Gasteiger partial charge in [0.15, 0.2) is 0 Å². The van der Waals surface area contributed by atoms with Crippen molar-refractivity contribution in [1.82, 2.24) is 9.97 Å². The largest absolute Gasteiger partial charge is 0.399 e. The lowest BCUT2D eigenvalue weighted by molar-refractivity contribution is 0.859. The molecule has 0 aliphatic heterocycles. The lowest BCUT2D eigenvalue weighted by Crippen LogP contribution is -2.14. The summed E-state index contributed by atoms with van der Waals surface area (Å²) in [6.07, 6.45) is 3.50. The van der Waals surface area contributed by atoms with Crippen LogP contribution in [0, 0.1) is 13.8 Å². The first-order valence-electron chi connectivity index (χ1n) is 8.92. The van der Waals surface area contributed by atoms with Crippen LogP contribution in [0.5, 0.6) is 0 Å². The average Bonchev–Trinajstić information content (AvgIpc) is 2.67. The summed E-state index contributed by atoms with van der Waals surface area (Å²) in [5.41, 5.74) is 11.1. The van der Waals surface area contributed by atoms with Gasteiger partial charge in [0.2, 0.25) is 5.95 Å². The molecule has 5 heteroatoms. The van der Waals surface area contributed by atoms with Gasteiger partial charge in [0.05, 0.1) is 11.7 Å². The Morgan fingerprint density at radius 2 is 1.85 bits per heavy atom. The summed E-state index contributed by atoms with van der Waals surface area (Å²) in [7, 11) is 0. The molecular formula is C22H25N5. The molecular weight excluding hydrogens is 334 g/mol. The molecule has 1 atom stereocenters. The highest BCUT2D eigenvalue weighted by molar-refractivity contribution is 5.70. The van der Waals surface area contributed by atoms with Gasteiger partial charge in [0.1, 0.15) is 5.82 Å². The lowest BCUT2D eigenvalue weighted by Gasteiger charge is -2.23. The fourth-order valence-corrected chi connectivity index (χ4v) is 2.97. The molecule has 3 N–H and O–H groups in total. The number of nitrogens with two attached hydrogens (primary N) is 1. The second-order valence-electron chi connectivity index (χ2n) is 6.56. The molecule has 3 rings (SSSR count). The van der Waals surface area contributed by atoms with Crippen LogP contribution in [0.1, 0.15) is 29.7 Å². The zero-order chi connectivity index (χ0) is 19.4. The van der Waals surface area contributed by atoms with Gasteiger partial charge in [0.25, 0.3) is 0 Å². The number of nitrogen functional groups attached to an aromatic ring is 1. The van der Waals surface area contributed by atoms with E-state index in [1.165, 1.54) is 5.56 Å². The van der Waals surface area contributed by atoms with E-state index in [0.717, 1.165) is 28.3 Å². The summed E-state index contributed by atoms with van der Waals surface area (Å²) in [5.74, 6) is 1.32. The van der Waals surface area contributed by atoms with Gasteiger partial charge in [0, 0.05) is 18.1 Å². The van der Waals surface area contributed by atoms with Crippen molar-refractivity contribution < 1.29 is 0 Å².